The molecule has 2 fully saturated rings. The van der Waals surface area contributed by atoms with Crippen LogP contribution in [0.2, 0.25) is 0 Å². The topological polar surface area (TPSA) is 77.0 Å². The zero-order valence-electron chi connectivity index (χ0n) is 19.4. The van der Waals surface area contributed by atoms with Crippen LogP contribution in [0.5, 0.6) is 5.75 Å². The molecular weight excluding hydrogens is 451 g/mol. The van der Waals surface area contributed by atoms with Crippen LogP contribution in [0.15, 0.2) is 48.8 Å². The number of benzene rings is 2. The molecule has 2 saturated heterocycles. The molecule has 0 atom stereocenters. The Morgan fingerprint density at radius 1 is 1.06 bits per heavy atom. The van der Waals surface area contributed by atoms with Crippen LogP contribution in [0.25, 0.3) is 11.1 Å². The molecule has 180 valence electrons. The van der Waals surface area contributed by atoms with Crippen molar-refractivity contribution >= 4 is 17.5 Å². The summed E-state index contributed by atoms with van der Waals surface area (Å²) in [4.78, 5) is 26.1. The lowest BCUT2D eigenvalue weighted by Gasteiger charge is -2.38. The zero-order chi connectivity index (χ0) is 24.0. The maximum absolute atomic E-state index is 14.4. The minimum atomic E-state index is -0.370. The molecule has 2 aromatic carbocycles. The second-order valence-electron chi connectivity index (χ2n) is 9.11. The summed E-state index contributed by atoms with van der Waals surface area (Å²) in [5, 5.41) is 0. The van der Waals surface area contributed by atoms with Crippen LogP contribution < -0.4 is 9.64 Å². The monoisotopic (exact) mass is 476 g/mol. The maximum atomic E-state index is 14.4. The predicted octanol–water partition coefficient (Wildman–Crippen LogP) is 3.18. The highest BCUT2D eigenvalue weighted by Gasteiger charge is 2.49. The van der Waals surface area contributed by atoms with Crippen LogP contribution in [0.3, 0.4) is 0 Å². The first-order valence-electron chi connectivity index (χ1n) is 11.6. The number of rotatable bonds is 4. The van der Waals surface area contributed by atoms with Crippen LogP contribution in [0.4, 0.5) is 16.0 Å². The van der Waals surface area contributed by atoms with Crippen LogP contribution in [0, 0.1) is 5.82 Å². The number of nitrogens with zero attached hydrogens (tertiary/aromatic N) is 4. The van der Waals surface area contributed by atoms with Crippen molar-refractivity contribution < 1.29 is 23.4 Å². The van der Waals surface area contributed by atoms with Gasteiger partial charge in [-0.2, -0.15) is 0 Å². The van der Waals surface area contributed by atoms with Gasteiger partial charge < -0.3 is 24.0 Å². The number of ether oxygens (including phenoxy) is 3. The maximum Gasteiger partial charge on any atom is 0.254 e. The Morgan fingerprint density at radius 2 is 1.83 bits per heavy atom. The fourth-order valence-corrected chi connectivity index (χ4v) is 4.98. The SMILES string of the molecule is COc1ccc(F)c(-c2cnc(N3CC4(COC4)c4ccc(C(=O)N5CCOCC5)cc43)nc2)c1. The Hall–Kier alpha value is -3.56. The third kappa shape index (κ3) is 3.71. The molecule has 35 heavy (non-hydrogen) atoms. The molecule has 8 nitrogen and oxygen atoms in total. The summed E-state index contributed by atoms with van der Waals surface area (Å²) in [7, 11) is 1.54. The highest BCUT2D eigenvalue weighted by atomic mass is 19.1. The van der Waals surface area contributed by atoms with Gasteiger partial charge in [0.05, 0.1) is 39.0 Å². The van der Waals surface area contributed by atoms with Crippen LogP contribution in [-0.2, 0) is 14.9 Å². The Labute approximate surface area is 202 Å². The number of carbonyl (C=O) groups is 1. The van der Waals surface area contributed by atoms with Crippen LogP contribution in [0.1, 0.15) is 15.9 Å². The molecule has 0 N–H and O–H groups in total. The Morgan fingerprint density at radius 3 is 2.51 bits per heavy atom. The summed E-state index contributed by atoms with van der Waals surface area (Å²) >= 11 is 0. The summed E-state index contributed by atoms with van der Waals surface area (Å²) in [5.74, 6) is 0.679. The van der Waals surface area contributed by atoms with E-state index >= 15 is 0 Å². The lowest BCUT2D eigenvalue weighted by Crippen LogP contribution is -2.49. The van der Waals surface area contributed by atoms with Crippen LogP contribution in [-0.4, -0.2) is 73.9 Å². The summed E-state index contributed by atoms with van der Waals surface area (Å²) in [6.07, 6.45) is 3.23. The number of hydrogen-bond donors (Lipinski definition) is 0. The van der Waals surface area contributed by atoms with E-state index in [4.69, 9.17) is 14.2 Å². The van der Waals surface area contributed by atoms with Gasteiger partial charge in [-0.25, -0.2) is 14.4 Å². The minimum Gasteiger partial charge on any atom is -0.497 e. The van der Waals surface area contributed by atoms with Crippen molar-refractivity contribution in [3.8, 4) is 16.9 Å². The molecule has 0 saturated carbocycles. The Kier molecular flexibility index (Phi) is 5.38. The van der Waals surface area contributed by atoms with Crippen molar-refractivity contribution in [2.75, 3.05) is 58.1 Å². The van der Waals surface area contributed by atoms with E-state index in [1.54, 1.807) is 31.6 Å². The van der Waals surface area contributed by atoms with Crippen molar-refractivity contribution in [3.05, 3.63) is 65.7 Å². The van der Waals surface area contributed by atoms with Gasteiger partial charge in [0, 0.05) is 54.4 Å². The number of fused-ring (bicyclic) bond motifs is 2. The van der Waals surface area contributed by atoms with E-state index in [9.17, 15) is 9.18 Å². The molecule has 1 aromatic heterocycles. The van der Waals surface area contributed by atoms with Crippen molar-refractivity contribution in [2.45, 2.75) is 5.41 Å². The number of anilines is 2. The van der Waals surface area contributed by atoms with E-state index in [-0.39, 0.29) is 17.1 Å². The van der Waals surface area contributed by atoms with Gasteiger partial charge in [0.2, 0.25) is 5.95 Å². The summed E-state index contributed by atoms with van der Waals surface area (Å²) in [5.41, 5.74) is 3.46. The minimum absolute atomic E-state index is 0.00775. The van der Waals surface area contributed by atoms with Crippen LogP contribution >= 0.6 is 0 Å². The van der Waals surface area contributed by atoms with Crippen molar-refractivity contribution in [1.82, 2.24) is 14.9 Å². The number of halogens is 1. The number of aromatic nitrogens is 2. The van der Waals surface area contributed by atoms with Gasteiger partial charge in [-0.05, 0) is 35.9 Å². The number of amides is 1. The van der Waals surface area contributed by atoms with Gasteiger partial charge in [-0.3, -0.25) is 4.79 Å². The van der Waals surface area contributed by atoms with Crippen molar-refractivity contribution in [2.24, 2.45) is 0 Å². The first kappa shape index (κ1) is 21.9. The highest BCUT2D eigenvalue weighted by molar-refractivity contribution is 5.96. The largest absolute Gasteiger partial charge is 0.497 e. The summed E-state index contributed by atoms with van der Waals surface area (Å²) < 4.78 is 30.6. The number of morpholine rings is 1. The van der Waals surface area contributed by atoms with Gasteiger partial charge in [0.25, 0.3) is 5.91 Å². The van der Waals surface area contributed by atoms with Gasteiger partial charge in [-0.1, -0.05) is 6.07 Å². The average molecular weight is 477 g/mol. The second kappa shape index (κ2) is 8.58. The molecule has 1 amide bonds. The van der Waals surface area contributed by atoms with Gasteiger partial charge >= 0.3 is 0 Å². The van der Waals surface area contributed by atoms with Gasteiger partial charge in [0.15, 0.2) is 0 Å². The molecule has 3 aliphatic heterocycles. The van der Waals surface area contributed by atoms with Crippen molar-refractivity contribution in [1.29, 1.82) is 0 Å². The molecule has 4 heterocycles. The van der Waals surface area contributed by atoms with Gasteiger partial charge in [-0.15, -0.1) is 0 Å². The fourth-order valence-electron chi connectivity index (χ4n) is 4.98. The molecular formula is C26H25FN4O4. The van der Waals surface area contributed by atoms with E-state index in [0.29, 0.717) is 74.5 Å². The van der Waals surface area contributed by atoms with Gasteiger partial charge in [0.1, 0.15) is 11.6 Å². The number of methoxy groups -OCH3 is 1. The van der Waals surface area contributed by atoms with E-state index in [0.717, 1.165) is 11.3 Å². The summed E-state index contributed by atoms with van der Waals surface area (Å²) in [6.45, 7) is 4.16. The number of hydrogen-bond acceptors (Lipinski definition) is 7. The Bertz CT molecular complexity index is 1270. The zero-order valence-corrected chi connectivity index (χ0v) is 19.4. The molecule has 6 rings (SSSR count). The molecule has 1 spiro atoms. The molecule has 0 bridgehead atoms. The van der Waals surface area contributed by atoms with E-state index in [2.05, 4.69) is 9.97 Å². The lowest BCUT2D eigenvalue weighted by molar-refractivity contribution is -0.0507. The van der Waals surface area contributed by atoms with E-state index in [1.807, 2.05) is 28.0 Å². The fraction of sp³-hybridized carbons (Fsp3) is 0.346. The molecule has 3 aliphatic rings. The normalized spacial score (nSPS) is 18.3. The molecule has 0 unspecified atom stereocenters. The predicted molar refractivity (Wildman–Crippen MR) is 127 cm³/mol. The Balaban J connectivity index is 1.34. The number of carbonyl (C=O) groups excluding carboxylic acids is 1. The first-order valence-corrected chi connectivity index (χ1v) is 11.6. The second-order valence-corrected chi connectivity index (χ2v) is 9.11. The third-order valence-corrected chi connectivity index (χ3v) is 6.99. The van der Waals surface area contributed by atoms with E-state index in [1.165, 1.54) is 6.07 Å². The smallest absolute Gasteiger partial charge is 0.254 e. The molecule has 0 radical (unpaired) electrons. The molecule has 9 heteroatoms. The lowest BCUT2D eigenvalue weighted by atomic mass is 9.80. The quantitative estimate of drug-likeness (QED) is 0.572. The summed E-state index contributed by atoms with van der Waals surface area (Å²) in [6, 6.07) is 10.4. The average Bonchev–Trinajstić information content (AvgIpc) is 3.25. The highest BCUT2D eigenvalue weighted by Crippen LogP contribution is 2.48. The third-order valence-electron chi connectivity index (χ3n) is 6.99. The van der Waals surface area contributed by atoms with Crippen molar-refractivity contribution in [3.63, 3.8) is 0 Å². The van der Waals surface area contributed by atoms with E-state index < -0.39 is 0 Å². The standard InChI is InChI=1S/C26H25FN4O4/c1-33-19-3-5-22(27)20(11-19)18-12-28-25(29-13-18)31-14-26(15-35-16-26)21-4-2-17(10-23(21)31)24(32)30-6-8-34-9-7-30/h2-5,10-13H,6-9,14-16H2,1H3. The molecule has 3 aromatic rings. The molecule has 0 aliphatic carbocycles. The first-order chi connectivity index (χ1) is 17.1.